The van der Waals surface area contributed by atoms with Crippen molar-refractivity contribution in [1.29, 1.82) is 0 Å². The van der Waals surface area contributed by atoms with Crippen LogP contribution < -0.4 is 15.8 Å². The highest BCUT2D eigenvalue weighted by molar-refractivity contribution is 5.41. The molecule has 2 atom stereocenters. The topological polar surface area (TPSA) is 59.4 Å². The molecule has 0 spiro atoms. The quantitative estimate of drug-likeness (QED) is 0.808. The summed E-state index contributed by atoms with van der Waals surface area (Å²) in [6, 6.07) is 1.95. The van der Waals surface area contributed by atoms with Gasteiger partial charge in [-0.25, -0.2) is 4.68 Å². The molecule has 6 nitrogen and oxygen atoms in total. The molecule has 1 aliphatic rings. The van der Waals surface area contributed by atoms with Gasteiger partial charge in [-0.05, 0) is 26.7 Å². The molecule has 21 heavy (non-hydrogen) atoms. The van der Waals surface area contributed by atoms with E-state index in [1.807, 2.05) is 18.9 Å². The molecular formula is C15H26N4O2. The maximum absolute atomic E-state index is 12.0. The third-order valence-corrected chi connectivity index (χ3v) is 4.08. The maximum Gasteiger partial charge on any atom is 0.268 e. The number of anilines is 1. The maximum atomic E-state index is 12.0. The van der Waals surface area contributed by atoms with Crippen molar-refractivity contribution in [3.63, 3.8) is 0 Å². The first-order chi connectivity index (χ1) is 10.1. The Morgan fingerprint density at radius 1 is 1.62 bits per heavy atom. The number of nitrogens with zero attached hydrogens (tertiary/aromatic N) is 3. The molecule has 0 aliphatic carbocycles. The summed E-state index contributed by atoms with van der Waals surface area (Å²) < 4.78 is 7.15. The summed E-state index contributed by atoms with van der Waals surface area (Å²) >= 11 is 0. The van der Waals surface area contributed by atoms with Crippen molar-refractivity contribution in [2.24, 2.45) is 0 Å². The number of hydrogen-bond donors (Lipinski definition) is 1. The summed E-state index contributed by atoms with van der Waals surface area (Å²) in [7, 11) is 1.95. The van der Waals surface area contributed by atoms with Crippen molar-refractivity contribution in [3.05, 3.63) is 22.6 Å². The minimum atomic E-state index is -0.0561. The lowest BCUT2D eigenvalue weighted by molar-refractivity contribution is 0.0834. The van der Waals surface area contributed by atoms with Gasteiger partial charge in [0.25, 0.3) is 5.56 Å². The molecule has 0 aromatic carbocycles. The van der Waals surface area contributed by atoms with Gasteiger partial charge in [0.1, 0.15) is 0 Å². The zero-order chi connectivity index (χ0) is 15.2. The summed E-state index contributed by atoms with van der Waals surface area (Å²) in [5.41, 5.74) is 0.804. The molecule has 1 aromatic heterocycles. The van der Waals surface area contributed by atoms with E-state index in [1.54, 1.807) is 12.3 Å². The van der Waals surface area contributed by atoms with Crippen molar-refractivity contribution in [2.45, 2.75) is 45.4 Å². The van der Waals surface area contributed by atoms with Crippen LogP contribution >= 0.6 is 0 Å². The zero-order valence-corrected chi connectivity index (χ0v) is 13.2. The first-order valence-electron chi connectivity index (χ1n) is 7.75. The molecule has 1 aliphatic heterocycles. The average molecular weight is 294 g/mol. The van der Waals surface area contributed by atoms with Gasteiger partial charge in [0, 0.05) is 38.9 Å². The monoisotopic (exact) mass is 294 g/mol. The molecule has 1 N–H and O–H groups in total. The van der Waals surface area contributed by atoms with E-state index in [-0.39, 0.29) is 5.56 Å². The van der Waals surface area contributed by atoms with E-state index in [1.165, 1.54) is 4.68 Å². The third kappa shape index (κ3) is 4.28. The Hall–Kier alpha value is -1.40. The van der Waals surface area contributed by atoms with Crippen LogP contribution in [0.4, 0.5) is 5.69 Å². The molecule has 1 fully saturated rings. The van der Waals surface area contributed by atoms with Crippen molar-refractivity contribution in [2.75, 3.05) is 31.6 Å². The molecule has 0 radical (unpaired) electrons. The highest BCUT2D eigenvalue weighted by Crippen LogP contribution is 2.15. The fourth-order valence-corrected chi connectivity index (χ4v) is 2.51. The van der Waals surface area contributed by atoms with E-state index < -0.39 is 0 Å². The predicted molar refractivity (Wildman–Crippen MR) is 83.9 cm³/mol. The summed E-state index contributed by atoms with van der Waals surface area (Å²) in [5.74, 6) is 0. The Bertz CT molecular complexity index is 497. The lowest BCUT2D eigenvalue weighted by Gasteiger charge is -2.20. The second kappa shape index (κ2) is 7.56. The summed E-state index contributed by atoms with van der Waals surface area (Å²) in [4.78, 5) is 14.0. The van der Waals surface area contributed by atoms with Crippen molar-refractivity contribution in [1.82, 2.24) is 15.1 Å². The van der Waals surface area contributed by atoms with Crippen LogP contribution in [0, 0.1) is 0 Å². The van der Waals surface area contributed by atoms with Crippen LogP contribution in [0.1, 0.15) is 26.7 Å². The van der Waals surface area contributed by atoms with E-state index >= 15 is 0 Å². The summed E-state index contributed by atoms with van der Waals surface area (Å²) in [5, 5.41) is 7.65. The molecule has 6 heteroatoms. The van der Waals surface area contributed by atoms with E-state index in [0.29, 0.717) is 18.7 Å². The largest absolute Gasteiger partial charge is 0.377 e. The minimum absolute atomic E-state index is 0.0561. The van der Waals surface area contributed by atoms with Gasteiger partial charge in [-0.2, -0.15) is 5.10 Å². The second-order valence-electron chi connectivity index (χ2n) is 5.58. The predicted octanol–water partition coefficient (Wildman–Crippen LogP) is 0.857. The Kier molecular flexibility index (Phi) is 5.76. The van der Waals surface area contributed by atoms with Crippen LogP contribution in [0.25, 0.3) is 0 Å². The van der Waals surface area contributed by atoms with Crippen molar-refractivity contribution in [3.8, 4) is 0 Å². The van der Waals surface area contributed by atoms with Crippen LogP contribution in [0.15, 0.2) is 17.1 Å². The molecule has 0 amide bonds. The Morgan fingerprint density at radius 3 is 3.05 bits per heavy atom. The molecule has 0 bridgehead atoms. The lowest BCUT2D eigenvalue weighted by atomic mass is 10.1. The molecular weight excluding hydrogens is 268 g/mol. The van der Waals surface area contributed by atoms with Gasteiger partial charge in [-0.15, -0.1) is 0 Å². The van der Waals surface area contributed by atoms with Gasteiger partial charge >= 0.3 is 0 Å². The molecule has 118 valence electrons. The number of rotatable bonds is 7. The van der Waals surface area contributed by atoms with Crippen LogP contribution in [0.2, 0.25) is 0 Å². The van der Waals surface area contributed by atoms with Crippen LogP contribution in [0.3, 0.4) is 0 Å². The van der Waals surface area contributed by atoms with E-state index in [2.05, 4.69) is 17.3 Å². The average Bonchev–Trinajstić information content (AvgIpc) is 3.02. The molecule has 0 saturated carbocycles. The fraction of sp³-hybridized carbons (Fsp3) is 0.733. The van der Waals surface area contributed by atoms with E-state index in [4.69, 9.17) is 4.74 Å². The molecule has 1 aromatic rings. The van der Waals surface area contributed by atoms with E-state index in [0.717, 1.165) is 38.2 Å². The Labute approximate surface area is 126 Å². The second-order valence-corrected chi connectivity index (χ2v) is 5.58. The molecule has 2 rings (SSSR count). The normalized spacial score (nSPS) is 19.7. The molecule has 1 saturated heterocycles. The van der Waals surface area contributed by atoms with Crippen molar-refractivity contribution < 1.29 is 4.74 Å². The molecule has 2 unspecified atom stereocenters. The number of ether oxygens (including phenoxy) is 1. The van der Waals surface area contributed by atoms with Crippen LogP contribution in [-0.4, -0.2) is 48.7 Å². The Balaban J connectivity index is 1.84. The summed E-state index contributed by atoms with van der Waals surface area (Å²) in [6.07, 6.45) is 4.30. The van der Waals surface area contributed by atoms with Gasteiger partial charge in [0.15, 0.2) is 0 Å². The van der Waals surface area contributed by atoms with Crippen LogP contribution in [0.5, 0.6) is 0 Å². The van der Waals surface area contributed by atoms with Crippen LogP contribution in [-0.2, 0) is 11.3 Å². The van der Waals surface area contributed by atoms with Gasteiger partial charge < -0.3 is 15.0 Å². The van der Waals surface area contributed by atoms with Gasteiger partial charge in [-0.1, -0.05) is 0 Å². The lowest BCUT2D eigenvalue weighted by Crippen LogP contribution is -2.39. The number of nitrogens with one attached hydrogen (secondary N) is 1. The SMILES string of the molecule is CCN(C)c1cnn(CCNC(C)C2CCCO2)c(=O)c1. The van der Waals surface area contributed by atoms with E-state index in [9.17, 15) is 4.79 Å². The zero-order valence-electron chi connectivity index (χ0n) is 13.2. The fourth-order valence-electron chi connectivity index (χ4n) is 2.51. The molecule has 2 heterocycles. The third-order valence-electron chi connectivity index (χ3n) is 4.08. The number of hydrogen-bond acceptors (Lipinski definition) is 5. The standard InChI is InChI=1S/C15H26N4O2/c1-4-18(3)13-10-15(20)19(17-11-13)8-7-16-12(2)14-6-5-9-21-14/h10-12,14,16H,4-9H2,1-3H3. The minimum Gasteiger partial charge on any atom is -0.377 e. The first-order valence-corrected chi connectivity index (χ1v) is 7.75. The van der Waals surface area contributed by atoms with Gasteiger partial charge in [0.05, 0.1) is 24.5 Å². The highest BCUT2D eigenvalue weighted by atomic mass is 16.5. The van der Waals surface area contributed by atoms with Gasteiger partial charge in [-0.3, -0.25) is 4.79 Å². The Morgan fingerprint density at radius 2 is 2.43 bits per heavy atom. The number of aromatic nitrogens is 2. The highest BCUT2D eigenvalue weighted by Gasteiger charge is 2.21. The summed E-state index contributed by atoms with van der Waals surface area (Å²) in [6.45, 7) is 7.19. The smallest absolute Gasteiger partial charge is 0.268 e. The first kappa shape index (κ1) is 16.0. The van der Waals surface area contributed by atoms with Crippen molar-refractivity contribution >= 4 is 5.69 Å². The van der Waals surface area contributed by atoms with Gasteiger partial charge in [0.2, 0.25) is 0 Å².